The molecule has 3 heterocycles. The molecule has 112 valence electrons. The van der Waals surface area contributed by atoms with E-state index in [0.717, 1.165) is 17.1 Å². The lowest BCUT2D eigenvalue weighted by atomic mass is 10.2. The Labute approximate surface area is 126 Å². The van der Waals surface area contributed by atoms with Gasteiger partial charge in [0.1, 0.15) is 5.52 Å². The molecule has 0 aliphatic heterocycles. The normalized spacial score (nSPS) is 18.2. The standard InChI is InChI=1S/C16H16N4O2/c21-16-15-8-13(10-1-2-10)17-20(15)6-5-19(16)9-12-7-14(18-22-12)11-3-4-11/h5-8,10-11H,1-4,9H2. The highest BCUT2D eigenvalue weighted by molar-refractivity contribution is 5.46. The van der Waals surface area contributed by atoms with Crippen LogP contribution < -0.4 is 5.56 Å². The molecule has 0 N–H and O–H groups in total. The smallest absolute Gasteiger partial charge is 0.276 e. The van der Waals surface area contributed by atoms with Crippen molar-refractivity contribution < 1.29 is 4.52 Å². The Morgan fingerprint density at radius 3 is 2.64 bits per heavy atom. The highest BCUT2D eigenvalue weighted by atomic mass is 16.5. The summed E-state index contributed by atoms with van der Waals surface area (Å²) >= 11 is 0. The fourth-order valence-electron chi connectivity index (χ4n) is 2.89. The van der Waals surface area contributed by atoms with Crippen LogP contribution in [0, 0.1) is 0 Å². The van der Waals surface area contributed by atoms with Gasteiger partial charge in [-0.15, -0.1) is 0 Å². The maximum atomic E-state index is 12.6. The molecule has 5 rings (SSSR count). The quantitative estimate of drug-likeness (QED) is 0.741. The van der Waals surface area contributed by atoms with Crippen LogP contribution >= 0.6 is 0 Å². The first kappa shape index (κ1) is 12.2. The van der Waals surface area contributed by atoms with Crippen molar-refractivity contribution in [2.24, 2.45) is 0 Å². The van der Waals surface area contributed by atoms with Crippen molar-refractivity contribution in [2.45, 2.75) is 44.1 Å². The van der Waals surface area contributed by atoms with E-state index in [1.807, 2.05) is 18.3 Å². The van der Waals surface area contributed by atoms with E-state index in [9.17, 15) is 4.79 Å². The molecular formula is C16H16N4O2. The number of fused-ring (bicyclic) bond motifs is 1. The molecule has 0 radical (unpaired) electrons. The van der Waals surface area contributed by atoms with Gasteiger partial charge in [-0.3, -0.25) is 4.79 Å². The summed E-state index contributed by atoms with van der Waals surface area (Å²) < 4.78 is 8.70. The second kappa shape index (κ2) is 4.32. The van der Waals surface area contributed by atoms with Crippen molar-refractivity contribution in [1.82, 2.24) is 19.3 Å². The van der Waals surface area contributed by atoms with Crippen LogP contribution in [0.5, 0.6) is 0 Å². The van der Waals surface area contributed by atoms with Gasteiger partial charge in [-0.05, 0) is 31.7 Å². The van der Waals surface area contributed by atoms with E-state index in [1.54, 1.807) is 15.3 Å². The molecule has 2 fully saturated rings. The van der Waals surface area contributed by atoms with Gasteiger partial charge in [0.25, 0.3) is 5.56 Å². The Morgan fingerprint density at radius 1 is 1.09 bits per heavy atom. The zero-order valence-corrected chi connectivity index (χ0v) is 12.1. The lowest BCUT2D eigenvalue weighted by molar-refractivity contribution is 0.369. The minimum absolute atomic E-state index is 0.0359. The zero-order chi connectivity index (χ0) is 14.7. The van der Waals surface area contributed by atoms with E-state index in [4.69, 9.17) is 4.52 Å². The van der Waals surface area contributed by atoms with Crippen LogP contribution in [-0.2, 0) is 6.54 Å². The average Bonchev–Trinajstić information content (AvgIpc) is 3.45. The zero-order valence-electron chi connectivity index (χ0n) is 12.1. The summed E-state index contributed by atoms with van der Waals surface area (Å²) in [7, 11) is 0. The predicted octanol–water partition coefficient (Wildman–Crippen LogP) is 2.29. The van der Waals surface area contributed by atoms with Gasteiger partial charge in [-0.1, -0.05) is 5.16 Å². The summed E-state index contributed by atoms with van der Waals surface area (Å²) in [5.41, 5.74) is 2.65. The summed E-state index contributed by atoms with van der Waals surface area (Å²) in [6, 6.07) is 3.90. The molecule has 0 atom stereocenters. The van der Waals surface area contributed by atoms with Crippen LogP contribution in [0.4, 0.5) is 0 Å². The van der Waals surface area contributed by atoms with Crippen LogP contribution in [0.1, 0.15) is 54.7 Å². The van der Waals surface area contributed by atoms with Crippen molar-refractivity contribution in [3.8, 4) is 0 Å². The topological polar surface area (TPSA) is 65.3 Å². The van der Waals surface area contributed by atoms with E-state index in [1.165, 1.54) is 25.7 Å². The molecule has 2 aliphatic carbocycles. The lowest BCUT2D eigenvalue weighted by Gasteiger charge is -2.02. The van der Waals surface area contributed by atoms with Gasteiger partial charge >= 0.3 is 0 Å². The largest absolute Gasteiger partial charge is 0.359 e. The first-order chi connectivity index (χ1) is 10.8. The molecule has 0 unspecified atom stereocenters. The highest BCUT2D eigenvalue weighted by Gasteiger charge is 2.28. The minimum Gasteiger partial charge on any atom is -0.359 e. The van der Waals surface area contributed by atoms with E-state index in [2.05, 4.69) is 10.3 Å². The molecular weight excluding hydrogens is 280 g/mol. The molecule has 0 aromatic carbocycles. The molecule has 0 saturated heterocycles. The number of aromatic nitrogens is 4. The summed E-state index contributed by atoms with van der Waals surface area (Å²) in [6.45, 7) is 0.416. The molecule has 0 amide bonds. The second-order valence-corrected chi connectivity index (χ2v) is 6.40. The van der Waals surface area contributed by atoms with Crippen LogP contribution in [0.2, 0.25) is 0 Å². The molecule has 2 aliphatic rings. The molecule has 3 aromatic heterocycles. The van der Waals surface area contributed by atoms with Crippen LogP contribution in [0.25, 0.3) is 5.52 Å². The number of hydrogen-bond acceptors (Lipinski definition) is 4. The van der Waals surface area contributed by atoms with Gasteiger partial charge in [0.05, 0.1) is 17.9 Å². The van der Waals surface area contributed by atoms with Gasteiger partial charge in [0.2, 0.25) is 0 Å². The molecule has 6 heteroatoms. The van der Waals surface area contributed by atoms with Gasteiger partial charge in [-0.25, -0.2) is 4.52 Å². The number of nitrogens with zero attached hydrogens (tertiary/aromatic N) is 4. The number of hydrogen-bond donors (Lipinski definition) is 0. The van der Waals surface area contributed by atoms with Crippen molar-refractivity contribution in [3.63, 3.8) is 0 Å². The van der Waals surface area contributed by atoms with Crippen LogP contribution in [0.15, 0.2) is 33.8 Å². The first-order valence-corrected chi connectivity index (χ1v) is 7.82. The van der Waals surface area contributed by atoms with Gasteiger partial charge in [0.15, 0.2) is 5.76 Å². The molecule has 2 saturated carbocycles. The molecule has 3 aromatic rings. The molecule has 6 nitrogen and oxygen atoms in total. The summed E-state index contributed by atoms with van der Waals surface area (Å²) in [5, 5.41) is 8.58. The third-order valence-corrected chi connectivity index (χ3v) is 4.52. The van der Waals surface area contributed by atoms with Gasteiger partial charge < -0.3 is 9.09 Å². The van der Waals surface area contributed by atoms with E-state index >= 15 is 0 Å². The monoisotopic (exact) mass is 296 g/mol. The maximum absolute atomic E-state index is 12.6. The average molecular weight is 296 g/mol. The van der Waals surface area contributed by atoms with E-state index in [-0.39, 0.29) is 5.56 Å². The lowest BCUT2D eigenvalue weighted by Crippen LogP contribution is -2.21. The third kappa shape index (κ3) is 1.98. The fraction of sp³-hybridized carbons (Fsp3) is 0.438. The molecule has 0 bridgehead atoms. The van der Waals surface area contributed by atoms with E-state index < -0.39 is 0 Å². The third-order valence-electron chi connectivity index (χ3n) is 4.52. The van der Waals surface area contributed by atoms with Crippen molar-refractivity contribution >= 4 is 5.52 Å². The van der Waals surface area contributed by atoms with Crippen molar-refractivity contribution in [2.75, 3.05) is 0 Å². The van der Waals surface area contributed by atoms with Crippen molar-refractivity contribution in [1.29, 1.82) is 0 Å². The summed E-state index contributed by atoms with van der Waals surface area (Å²) in [4.78, 5) is 12.6. The molecule has 22 heavy (non-hydrogen) atoms. The highest BCUT2D eigenvalue weighted by Crippen LogP contribution is 2.40. The van der Waals surface area contributed by atoms with Crippen molar-refractivity contribution in [3.05, 3.63) is 52.0 Å². The van der Waals surface area contributed by atoms with Gasteiger partial charge in [-0.2, -0.15) is 5.10 Å². The Hall–Kier alpha value is -2.37. The SMILES string of the molecule is O=c1c2cc(C3CC3)nn2ccn1Cc1cc(C2CC2)no1. The predicted molar refractivity (Wildman–Crippen MR) is 79.0 cm³/mol. The Kier molecular flexibility index (Phi) is 2.39. The van der Waals surface area contributed by atoms with Gasteiger partial charge in [0, 0.05) is 30.3 Å². The Bertz CT molecular complexity index is 912. The maximum Gasteiger partial charge on any atom is 0.276 e. The van der Waals surface area contributed by atoms with E-state index in [0.29, 0.717) is 23.9 Å². The second-order valence-electron chi connectivity index (χ2n) is 6.40. The first-order valence-electron chi connectivity index (χ1n) is 7.82. The van der Waals surface area contributed by atoms with Crippen LogP contribution in [0.3, 0.4) is 0 Å². The van der Waals surface area contributed by atoms with Crippen LogP contribution in [-0.4, -0.2) is 19.3 Å². The Morgan fingerprint density at radius 2 is 1.86 bits per heavy atom. The Balaban J connectivity index is 1.50. The minimum atomic E-state index is -0.0359. The summed E-state index contributed by atoms with van der Waals surface area (Å²) in [6.07, 6.45) is 8.34. The number of rotatable bonds is 4. The fourth-order valence-corrected chi connectivity index (χ4v) is 2.89. The summed E-state index contributed by atoms with van der Waals surface area (Å²) in [5.74, 6) is 1.84. The molecule has 0 spiro atoms.